The van der Waals surface area contributed by atoms with Crippen LogP contribution in [0.2, 0.25) is 5.02 Å². The topological polar surface area (TPSA) is 18.5 Å². The molecular formula is C15H20Cl2O2. The Labute approximate surface area is 125 Å². The van der Waals surface area contributed by atoms with Gasteiger partial charge in [-0.25, -0.2) is 0 Å². The van der Waals surface area contributed by atoms with E-state index in [1.165, 1.54) is 12.8 Å². The highest BCUT2D eigenvalue weighted by Crippen LogP contribution is 2.39. The summed E-state index contributed by atoms with van der Waals surface area (Å²) in [5.74, 6) is 2.53. The Hall–Kier alpha value is -0.600. The molecule has 1 fully saturated rings. The molecule has 0 amide bonds. The summed E-state index contributed by atoms with van der Waals surface area (Å²) in [5.41, 5.74) is 0.938. The van der Waals surface area contributed by atoms with Crippen LogP contribution in [0, 0.1) is 5.92 Å². The maximum Gasteiger partial charge on any atom is 0.180 e. The first-order valence-electron chi connectivity index (χ1n) is 6.73. The molecule has 0 radical (unpaired) electrons. The smallest absolute Gasteiger partial charge is 0.180 e. The van der Waals surface area contributed by atoms with Crippen molar-refractivity contribution < 1.29 is 9.47 Å². The molecule has 0 atom stereocenters. The Balaban J connectivity index is 2.15. The van der Waals surface area contributed by atoms with Crippen molar-refractivity contribution in [2.45, 2.75) is 44.6 Å². The molecule has 0 aromatic heterocycles. The second-order valence-corrected chi connectivity index (χ2v) is 5.92. The van der Waals surface area contributed by atoms with Gasteiger partial charge in [0.25, 0.3) is 0 Å². The Morgan fingerprint density at radius 3 is 2.47 bits per heavy atom. The van der Waals surface area contributed by atoms with Gasteiger partial charge >= 0.3 is 0 Å². The van der Waals surface area contributed by atoms with Crippen molar-refractivity contribution in [1.29, 1.82) is 0 Å². The Kier molecular flexibility index (Phi) is 5.23. The highest BCUT2D eigenvalue weighted by molar-refractivity contribution is 6.32. The van der Waals surface area contributed by atoms with Crippen molar-refractivity contribution in [1.82, 2.24) is 0 Å². The van der Waals surface area contributed by atoms with E-state index in [0.29, 0.717) is 22.4 Å². The molecule has 19 heavy (non-hydrogen) atoms. The van der Waals surface area contributed by atoms with Crippen LogP contribution >= 0.6 is 23.2 Å². The lowest BCUT2D eigenvalue weighted by Crippen LogP contribution is -2.23. The van der Waals surface area contributed by atoms with Gasteiger partial charge in [-0.05, 0) is 49.3 Å². The van der Waals surface area contributed by atoms with Gasteiger partial charge in [0, 0.05) is 5.88 Å². The molecule has 0 unspecified atom stereocenters. The second-order valence-electron chi connectivity index (χ2n) is 5.24. The highest BCUT2D eigenvalue weighted by Gasteiger charge is 2.22. The molecule has 0 spiro atoms. The van der Waals surface area contributed by atoms with Gasteiger partial charge in [0.05, 0.1) is 18.2 Å². The van der Waals surface area contributed by atoms with Crippen molar-refractivity contribution >= 4 is 23.2 Å². The zero-order valence-electron chi connectivity index (χ0n) is 11.4. The molecule has 0 N–H and O–H groups in total. The van der Waals surface area contributed by atoms with Crippen LogP contribution in [-0.4, -0.2) is 13.2 Å². The van der Waals surface area contributed by atoms with Gasteiger partial charge in [-0.1, -0.05) is 18.5 Å². The summed E-state index contributed by atoms with van der Waals surface area (Å²) < 4.78 is 11.4. The average molecular weight is 303 g/mol. The van der Waals surface area contributed by atoms with E-state index in [9.17, 15) is 0 Å². The first-order valence-corrected chi connectivity index (χ1v) is 7.64. The van der Waals surface area contributed by atoms with Crippen molar-refractivity contribution in [2.24, 2.45) is 5.92 Å². The largest absolute Gasteiger partial charge is 0.493 e. The number of methoxy groups -OCH3 is 1. The van der Waals surface area contributed by atoms with E-state index < -0.39 is 0 Å². The normalized spacial score (nSPS) is 23.2. The molecule has 0 saturated heterocycles. The van der Waals surface area contributed by atoms with Crippen LogP contribution in [0.15, 0.2) is 12.1 Å². The summed E-state index contributed by atoms with van der Waals surface area (Å²) in [6, 6.07) is 3.73. The third-order valence-electron chi connectivity index (χ3n) is 3.69. The molecule has 4 heteroatoms. The van der Waals surface area contributed by atoms with Crippen molar-refractivity contribution in [3.63, 3.8) is 0 Å². The number of hydrogen-bond donors (Lipinski definition) is 0. The SMILES string of the molecule is COc1cc(CCl)cc(Cl)c1OC1CCC(C)CC1. The van der Waals surface area contributed by atoms with Gasteiger partial charge in [0.15, 0.2) is 11.5 Å². The average Bonchev–Trinajstić information content (AvgIpc) is 2.43. The lowest BCUT2D eigenvalue weighted by Gasteiger charge is -2.28. The van der Waals surface area contributed by atoms with Gasteiger partial charge in [-0.15, -0.1) is 11.6 Å². The van der Waals surface area contributed by atoms with Crippen molar-refractivity contribution in [2.75, 3.05) is 7.11 Å². The van der Waals surface area contributed by atoms with E-state index in [2.05, 4.69) is 6.92 Å². The van der Waals surface area contributed by atoms with Crippen LogP contribution in [-0.2, 0) is 5.88 Å². The minimum Gasteiger partial charge on any atom is -0.493 e. The lowest BCUT2D eigenvalue weighted by atomic mass is 9.89. The van der Waals surface area contributed by atoms with E-state index in [4.69, 9.17) is 32.7 Å². The number of benzene rings is 1. The second kappa shape index (κ2) is 6.71. The molecule has 106 valence electrons. The number of rotatable bonds is 4. The van der Waals surface area contributed by atoms with E-state index in [-0.39, 0.29) is 6.10 Å². The summed E-state index contributed by atoms with van der Waals surface area (Å²) in [6.45, 7) is 2.29. The fourth-order valence-electron chi connectivity index (χ4n) is 2.48. The number of halogens is 2. The predicted octanol–water partition coefficient (Wildman–Crippen LogP) is 5.04. The maximum absolute atomic E-state index is 6.28. The van der Waals surface area contributed by atoms with Crippen LogP contribution in [0.25, 0.3) is 0 Å². The van der Waals surface area contributed by atoms with Gasteiger partial charge in [-0.2, -0.15) is 0 Å². The van der Waals surface area contributed by atoms with E-state index in [0.717, 1.165) is 24.3 Å². The molecule has 2 rings (SSSR count). The maximum atomic E-state index is 6.28. The summed E-state index contributed by atoms with van der Waals surface area (Å²) >= 11 is 12.1. The lowest BCUT2D eigenvalue weighted by molar-refractivity contribution is 0.131. The minimum atomic E-state index is 0.240. The highest BCUT2D eigenvalue weighted by atomic mass is 35.5. The summed E-state index contributed by atoms with van der Waals surface area (Å²) in [5, 5.41) is 0.577. The van der Waals surface area contributed by atoms with Crippen LogP contribution in [0.3, 0.4) is 0 Å². The molecular weight excluding hydrogens is 283 g/mol. The van der Waals surface area contributed by atoms with Crippen LogP contribution < -0.4 is 9.47 Å². The third kappa shape index (κ3) is 3.70. The minimum absolute atomic E-state index is 0.240. The summed E-state index contributed by atoms with van der Waals surface area (Å²) in [6.07, 6.45) is 4.83. The van der Waals surface area contributed by atoms with Gasteiger partial charge < -0.3 is 9.47 Å². The molecule has 1 aliphatic rings. The number of alkyl halides is 1. The fourth-order valence-corrected chi connectivity index (χ4v) is 2.91. The molecule has 2 nitrogen and oxygen atoms in total. The molecule has 1 aliphatic carbocycles. The molecule has 1 aromatic carbocycles. The van der Waals surface area contributed by atoms with Crippen LogP contribution in [0.1, 0.15) is 38.2 Å². The van der Waals surface area contributed by atoms with Gasteiger partial charge in [0.2, 0.25) is 0 Å². The van der Waals surface area contributed by atoms with Crippen LogP contribution in [0.5, 0.6) is 11.5 Å². The van der Waals surface area contributed by atoms with Crippen molar-refractivity contribution in [3.05, 3.63) is 22.7 Å². The Bertz CT molecular complexity index is 426. The molecule has 0 bridgehead atoms. The third-order valence-corrected chi connectivity index (χ3v) is 4.28. The van der Waals surface area contributed by atoms with Crippen LogP contribution in [0.4, 0.5) is 0 Å². The summed E-state index contributed by atoms with van der Waals surface area (Å²) in [7, 11) is 1.62. The first-order chi connectivity index (χ1) is 9.13. The zero-order valence-corrected chi connectivity index (χ0v) is 12.9. The van der Waals surface area contributed by atoms with E-state index >= 15 is 0 Å². The van der Waals surface area contributed by atoms with E-state index in [1.54, 1.807) is 7.11 Å². The Morgan fingerprint density at radius 2 is 1.89 bits per heavy atom. The molecule has 0 heterocycles. The number of ether oxygens (including phenoxy) is 2. The number of hydrogen-bond acceptors (Lipinski definition) is 2. The molecule has 0 aliphatic heterocycles. The zero-order chi connectivity index (χ0) is 13.8. The molecule has 1 aromatic rings. The quantitative estimate of drug-likeness (QED) is 0.725. The van der Waals surface area contributed by atoms with Gasteiger partial charge in [0.1, 0.15) is 0 Å². The van der Waals surface area contributed by atoms with Crippen molar-refractivity contribution in [3.8, 4) is 11.5 Å². The molecule has 1 saturated carbocycles. The Morgan fingerprint density at radius 1 is 1.21 bits per heavy atom. The summed E-state index contributed by atoms with van der Waals surface area (Å²) in [4.78, 5) is 0. The fraction of sp³-hybridized carbons (Fsp3) is 0.600. The predicted molar refractivity (Wildman–Crippen MR) is 79.6 cm³/mol. The van der Waals surface area contributed by atoms with E-state index in [1.807, 2.05) is 12.1 Å². The van der Waals surface area contributed by atoms with Gasteiger partial charge in [-0.3, -0.25) is 0 Å². The standard InChI is InChI=1S/C15H20Cl2O2/c1-10-3-5-12(6-4-10)19-15-13(17)7-11(9-16)8-14(15)18-2/h7-8,10,12H,3-6,9H2,1-2H3. The monoisotopic (exact) mass is 302 g/mol. The first kappa shape index (κ1) is 14.8.